The smallest absolute Gasteiger partial charge is 0.114 e. The molecule has 0 heterocycles. The molecule has 0 aliphatic heterocycles. The Balaban J connectivity index is -0.000000276. The molecule has 0 radical (unpaired) electrons. The Hall–Kier alpha value is -1.75. The van der Waals surface area contributed by atoms with Gasteiger partial charge in [0.05, 0.1) is 89.0 Å². The standard InChI is InChI=1S/3C11H26N.C6H8O7/c3*1-5-6-7-8-9-10-11-12(2,3)4;7-3(8)1-6(13,5(11)12)2-4(9)10/h3*5-11H2,1-4H3;13H,1-2H2,(H,7,8)(H,9,10)(H,11,12)/q3*+1;/p-3. The Morgan fingerprint density at radius 2 is 0.633 bits per heavy atom. The molecule has 1 N–H and O–H groups in total. The average molecular weight is 706 g/mol. The maximum absolute atomic E-state index is 10.1. The van der Waals surface area contributed by atoms with Crippen LogP contribution in [0.1, 0.15) is 149 Å². The first-order valence-corrected chi connectivity index (χ1v) is 19.2. The normalized spacial score (nSPS) is 11.7. The van der Waals surface area contributed by atoms with Crippen LogP contribution in [0.15, 0.2) is 0 Å². The summed E-state index contributed by atoms with van der Waals surface area (Å²) in [7, 11) is 20.4. The van der Waals surface area contributed by atoms with E-state index in [0.717, 1.165) is 13.4 Å². The predicted molar refractivity (Wildman–Crippen MR) is 198 cm³/mol. The molecule has 10 nitrogen and oxygen atoms in total. The zero-order chi connectivity index (χ0) is 39.0. The minimum absolute atomic E-state index is 1.12. The Bertz CT molecular complexity index is 707. The van der Waals surface area contributed by atoms with E-state index in [4.69, 9.17) is 5.11 Å². The van der Waals surface area contributed by atoms with Crippen LogP contribution < -0.4 is 15.3 Å². The highest BCUT2D eigenvalue weighted by molar-refractivity contribution is 5.86. The molecule has 0 aliphatic carbocycles. The van der Waals surface area contributed by atoms with Crippen LogP contribution in [0.25, 0.3) is 0 Å². The number of carboxylic acid groups (broad SMARTS) is 3. The van der Waals surface area contributed by atoms with Gasteiger partial charge in [-0.3, -0.25) is 0 Å². The quantitative estimate of drug-likeness (QED) is 0.106. The van der Waals surface area contributed by atoms with Crippen molar-refractivity contribution in [2.75, 3.05) is 83.1 Å². The van der Waals surface area contributed by atoms with Crippen LogP contribution in [-0.2, 0) is 14.4 Å². The Morgan fingerprint density at radius 3 is 0.796 bits per heavy atom. The third-order valence-electron chi connectivity index (χ3n) is 7.80. The fourth-order valence-corrected chi connectivity index (χ4v) is 4.78. The van der Waals surface area contributed by atoms with Gasteiger partial charge >= 0.3 is 0 Å². The van der Waals surface area contributed by atoms with Crippen molar-refractivity contribution >= 4 is 17.9 Å². The first-order chi connectivity index (χ1) is 22.5. The second-order valence-corrected chi connectivity index (χ2v) is 16.8. The van der Waals surface area contributed by atoms with Gasteiger partial charge in [0.15, 0.2) is 0 Å². The molecular weight excluding hydrogens is 622 g/mol. The maximum atomic E-state index is 10.1. The van der Waals surface area contributed by atoms with Crippen molar-refractivity contribution in [1.29, 1.82) is 0 Å². The van der Waals surface area contributed by atoms with Crippen LogP contribution in [0.3, 0.4) is 0 Å². The molecule has 0 saturated heterocycles. The number of rotatable bonds is 26. The third kappa shape index (κ3) is 53.2. The number of carboxylic acids is 3. The molecule has 0 unspecified atom stereocenters. The summed E-state index contributed by atoms with van der Waals surface area (Å²) >= 11 is 0. The van der Waals surface area contributed by atoms with E-state index in [1.807, 2.05) is 0 Å². The van der Waals surface area contributed by atoms with E-state index < -0.39 is 36.4 Å². The topological polar surface area (TPSA) is 141 Å². The number of carbonyl (C=O) groups is 3. The zero-order valence-corrected chi connectivity index (χ0v) is 34.5. The van der Waals surface area contributed by atoms with Gasteiger partial charge in [-0.1, -0.05) is 97.8 Å². The molecule has 49 heavy (non-hydrogen) atoms. The van der Waals surface area contributed by atoms with Gasteiger partial charge in [-0.2, -0.15) is 0 Å². The lowest BCUT2D eigenvalue weighted by Crippen LogP contribution is -2.54. The van der Waals surface area contributed by atoms with Crippen LogP contribution in [0.4, 0.5) is 0 Å². The monoisotopic (exact) mass is 706 g/mol. The van der Waals surface area contributed by atoms with Crippen molar-refractivity contribution in [2.45, 2.75) is 155 Å². The molecule has 0 amide bonds. The molecular formula is C39H83N3O7. The van der Waals surface area contributed by atoms with Crippen molar-refractivity contribution in [3.8, 4) is 0 Å². The Morgan fingerprint density at radius 1 is 0.429 bits per heavy atom. The molecule has 0 spiro atoms. The van der Waals surface area contributed by atoms with Crippen LogP contribution >= 0.6 is 0 Å². The van der Waals surface area contributed by atoms with E-state index in [2.05, 4.69) is 84.2 Å². The van der Waals surface area contributed by atoms with Crippen LogP contribution in [0.5, 0.6) is 0 Å². The van der Waals surface area contributed by atoms with Crippen molar-refractivity contribution in [3.63, 3.8) is 0 Å². The van der Waals surface area contributed by atoms with Gasteiger partial charge in [0.25, 0.3) is 0 Å². The minimum atomic E-state index is -2.97. The summed E-state index contributed by atoms with van der Waals surface area (Å²) in [5.41, 5.74) is -2.97. The number of aliphatic hydroxyl groups is 1. The number of nitrogens with zero attached hydrogens (tertiary/aromatic N) is 3. The fourth-order valence-electron chi connectivity index (χ4n) is 4.78. The minimum Gasteiger partial charge on any atom is -0.550 e. The van der Waals surface area contributed by atoms with E-state index in [9.17, 15) is 29.7 Å². The maximum Gasteiger partial charge on any atom is 0.114 e. The van der Waals surface area contributed by atoms with Crippen LogP contribution in [-0.4, -0.2) is 125 Å². The van der Waals surface area contributed by atoms with Gasteiger partial charge in [-0.25, -0.2) is 0 Å². The molecule has 0 fully saturated rings. The number of hydrogen-bond acceptors (Lipinski definition) is 7. The third-order valence-corrected chi connectivity index (χ3v) is 7.80. The summed E-state index contributed by atoms with van der Waals surface area (Å²) in [4.78, 5) is 30.0. The summed E-state index contributed by atoms with van der Waals surface area (Å²) < 4.78 is 3.36. The number of unbranched alkanes of at least 4 members (excludes halogenated alkanes) is 15. The summed E-state index contributed by atoms with van der Waals surface area (Å²) in [5, 5.41) is 38.9. The Kier molecular flexibility index (Phi) is 35.5. The molecule has 0 aliphatic rings. The molecule has 0 rings (SSSR count). The van der Waals surface area contributed by atoms with Crippen molar-refractivity contribution in [3.05, 3.63) is 0 Å². The summed E-state index contributed by atoms with van der Waals surface area (Å²) in [5.74, 6) is -5.98. The fraction of sp³-hybridized carbons (Fsp3) is 0.923. The summed E-state index contributed by atoms with van der Waals surface area (Å²) in [6.07, 6.45) is 22.7. The lowest BCUT2D eigenvalue weighted by molar-refractivity contribution is -0.870. The van der Waals surface area contributed by atoms with Crippen LogP contribution in [0, 0.1) is 0 Å². The lowest BCUT2D eigenvalue weighted by atomic mass is 9.96. The van der Waals surface area contributed by atoms with Crippen molar-refractivity contribution < 1.29 is 48.3 Å². The summed E-state index contributed by atoms with van der Waals surface area (Å²) in [6.45, 7) is 10.8. The van der Waals surface area contributed by atoms with Gasteiger partial charge < -0.3 is 48.3 Å². The second kappa shape index (κ2) is 32.2. The van der Waals surface area contributed by atoms with Gasteiger partial charge in [0.1, 0.15) is 5.60 Å². The number of quaternary nitrogens is 3. The zero-order valence-electron chi connectivity index (χ0n) is 34.5. The van der Waals surface area contributed by atoms with Gasteiger partial charge in [-0.05, 0) is 38.5 Å². The molecule has 0 atom stereocenters. The Labute approximate surface area is 303 Å². The SMILES string of the molecule is CCCCCCCC[N+](C)(C)C.CCCCCCCC[N+](C)(C)C.CCCCCCCC[N+](C)(C)C.O=C([O-])CC(O)(CC(=O)[O-])C(=O)[O-]. The molecule has 0 aromatic carbocycles. The molecule has 0 saturated carbocycles. The first kappa shape index (κ1) is 54.0. The first-order valence-electron chi connectivity index (χ1n) is 19.2. The predicted octanol–water partition coefficient (Wildman–Crippen LogP) is 3.91. The van der Waals surface area contributed by atoms with Gasteiger partial charge in [-0.15, -0.1) is 0 Å². The molecule has 0 bridgehead atoms. The lowest BCUT2D eigenvalue weighted by Gasteiger charge is -2.29. The molecule has 296 valence electrons. The van der Waals surface area contributed by atoms with Crippen molar-refractivity contribution in [2.24, 2.45) is 0 Å². The number of hydrogen-bond donors (Lipinski definition) is 1. The highest BCUT2D eigenvalue weighted by Crippen LogP contribution is 2.13. The molecule has 10 heteroatoms. The largest absolute Gasteiger partial charge is 0.550 e. The van der Waals surface area contributed by atoms with E-state index >= 15 is 0 Å². The summed E-state index contributed by atoms with van der Waals surface area (Å²) in [6, 6.07) is 0. The van der Waals surface area contributed by atoms with E-state index in [1.165, 1.54) is 135 Å². The van der Waals surface area contributed by atoms with Gasteiger partial charge in [0.2, 0.25) is 0 Å². The highest BCUT2D eigenvalue weighted by atomic mass is 16.4. The van der Waals surface area contributed by atoms with Gasteiger partial charge in [0, 0.05) is 24.8 Å². The number of carbonyl (C=O) groups excluding carboxylic acids is 3. The second-order valence-electron chi connectivity index (χ2n) is 16.8. The van der Waals surface area contributed by atoms with E-state index in [-0.39, 0.29) is 0 Å². The highest BCUT2D eigenvalue weighted by Gasteiger charge is 2.29. The van der Waals surface area contributed by atoms with E-state index in [0.29, 0.717) is 0 Å². The molecule has 0 aromatic heterocycles. The van der Waals surface area contributed by atoms with E-state index in [1.54, 1.807) is 0 Å². The van der Waals surface area contributed by atoms with Crippen LogP contribution in [0.2, 0.25) is 0 Å². The average Bonchev–Trinajstić information content (AvgIpc) is 2.93. The molecule has 0 aromatic rings. The van der Waals surface area contributed by atoms with Crippen molar-refractivity contribution in [1.82, 2.24) is 0 Å². The number of aliphatic carboxylic acids is 3.